The molecule has 0 atom stereocenters. The second-order valence-corrected chi connectivity index (χ2v) is 16.5. The largest absolute Gasteiger partial charge is 0.396 e. The Kier molecular flexibility index (Phi) is 26.5. The van der Waals surface area contributed by atoms with Crippen LogP contribution in [0.15, 0.2) is 23.3 Å². The second kappa shape index (κ2) is 28.4. The van der Waals surface area contributed by atoms with E-state index in [0.717, 1.165) is 51.4 Å². The molecular weight excluding hydrogens is 592 g/mol. The van der Waals surface area contributed by atoms with Crippen molar-refractivity contribution in [2.45, 2.75) is 220 Å². The molecule has 2 N–H and O–H groups in total. The topological polar surface area (TPSA) is 74.6 Å². The van der Waals surface area contributed by atoms with Crippen molar-refractivity contribution in [2.24, 2.45) is 10.8 Å². The van der Waals surface area contributed by atoms with Gasteiger partial charge in [-0.15, -0.1) is 0 Å². The number of aliphatic hydroxyl groups is 2. The average Bonchev–Trinajstić information content (AvgIpc) is 3.05. The summed E-state index contributed by atoms with van der Waals surface area (Å²) >= 11 is 0. The third kappa shape index (κ3) is 23.2. The number of ketones is 2. The predicted octanol–water partition coefficient (Wildman–Crippen LogP) is 12.7. The number of allylic oxidation sites excluding steroid dienone is 4. The van der Waals surface area contributed by atoms with Crippen LogP contribution in [0.3, 0.4) is 0 Å². The molecule has 0 aliphatic heterocycles. The SMILES string of the molecule is CC1(C)CCC(=O)C=C1CCCCCCCCCCCCCCO.CC1(C)CCC(=O)C=C1CCCCCCCCCCCCCCO. The zero-order valence-corrected chi connectivity index (χ0v) is 32.5. The van der Waals surface area contributed by atoms with Crippen molar-refractivity contribution in [3.05, 3.63) is 23.3 Å². The first-order valence-electron chi connectivity index (χ1n) is 20.8. The van der Waals surface area contributed by atoms with Gasteiger partial charge < -0.3 is 10.2 Å². The van der Waals surface area contributed by atoms with Crippen LogP contribution in [0.25, 0.3) is 0 Å². The van der Waals surface area contributed by atoms with Crippen molar-refractivity contribution < 1.29 is 19.8 Å². The summed E-state index contributed by atoms with van der Waals surface area (Å²) in [7, 11) is 0. The summed E-state index contributed by atoms with van der Waals surface area (Å²) in [5.74, 6) is 0.668. The number of carbonyl (C=O) groups is 2. The first kappa shape index (κ1) is 44.8. The maximum Gasteiger partial charge on any atom is 0.155 e. The highest BCUT2D eigenvalue weighted by Crippen LogP contribution is 2.39. The van der Waals surface area contributed by atoms with Crippen LogP contribution in [0.4, 0.5) is 0 Å². The third-order valence-electron chi connectivity index (χ3n) is 11.1. The molecule has 0 unspecified atom stereocenters. The fourth-order valence-electron chi connectivity index (χ4n) is 7.33. The van der Waals surface area contributed by atoms with Crippen LogP contribution in [0.5, 0.6) is 0 Å². The van der Waals surface area contributed by atoms with Crippen molar-refractivity contribution in [2.75, 3.05) is 13.2 Å². The average molecular weight is 673 g/mol. The van der Waals surface area contributed by atoms with Crippen LogP contribution in [0.1, 0.15) is 220 Å². The minimum absolute atomic E-state index is 0.241. The van der Waals surface area contributed by atoms with Crippen molar-refractivity contribution in [3.8, 4) is 0 Å². The maximum atomic E-state index is 11.6. The molecule has 0 bridgehead atoms. The highest BCUT2D eigenvalue weighted by molar-refractivity contribution is 5.92. The molecular formula is C44H80O4. The molecule has 2 aliphatic rings. The maximum absolute atomic E-state index is 11.6. The zero-order chi connectivity index (χ0) is 35.4. The number of carbonyl (C=O) groups excluding carboxylic acids is 2. The van der Waals surface area contributed by atoms with E-state index in [-0.39, 0.29) is 10.8 Å². The van der Waals surface area contributed by atoms with Gasteiger partial charge >= 0.3 is 0 Å². The smallest absolute Gasteiger partial charge is 0.155 e. The monoisotopic (exact) mass is 673 g/mol. The highest BCUT2D eigenvalue weighted by Gasteiger charge is 2.28. The lowest BCUT2D eigenvalue weighted by atomic mass is 9.73. The van der Waals surface area contributed by atoms with Crippen LogP contribution >= 0.6 is 0 Å². The Morgan fingerprint density at radius 3 is 0.896 bits per heavy atom. The number of rotatable bonds is 28. The van der Waals surface area contributed by atoms with Crippen molar-refractivity contribution in [3.63, 3.8) is 0 Å². The molecule has 2 rings (SSSR count). The van der Waals surface area contributed by atoms with Gasteiger partial charge in [-0.2, -0.15) is 0 Å². The van der Waals surface area contributed by atoms with Gasteiger partial charge in [-0.05, 0) is 74.3 Å². The molecule has 0 radical (unpaired) electrons. The Morgan fingerprint density at radius 2 is 0.646 bits per heavy atom. The minimum Gasteiger partial charge on any atom is -0.396 e. The molecule has 2 aliphatic carbocycles. The Labute approximate surface area is 298 Å². The van der Waals surface area contributed by atoms with Crippen LogP contribution in [0.2, 0.25) is 0 Å². The van der Waals surface area contributed by atoms with Gasteiger partial charge in [0.1, 0.15) is 0 Å². The normalized spacial score (nSPS) is 17.1. The van der Waals surface area contributed by atoms with Crippen LogP contribution in [-0.4, -0.2) is 35.0 Å². The number of unbranched alkanes of at least 4 members (excludes halogenated alkanes) is 22. The summed E-state index contributed by atoms with van der Waals surface area (Å²) < 4.78 is 0. The molecule has 4 heteroatoms. The van der Waals surface area contributed by atoms with E-state index < -0.39 is 0 Å². The van der Waals surface area contributed by atoms with Gasteiger partial charge in [0.2, 0.25) is 0 Å². The van der Waals surface area contributed by atoms with E-state index in [1.165, 1.54) is 152 Å². The van der Waals surface area contributed by atoms with E-state index in [1.807, 2.05) is 12.2 Å². The van der Waals surface area contributed by atoms with E-state index in [1.54, 1.807) is 0 Å². The van der Waals surface area contributed by atoms with E-state index in [0.29, 0.717) is 24.8 Å². The molecule has 4 nitrogen and oxygen atoms in total. The molecule has 0 saturated carbocycles. The summed E-state index contributed by atoms with van der Waals surface area (Å²) in [6, 6.07) is 0. The molecule has 0 spiro atoms. The molecule has 0 fully saturated rings. The Balaban J connectivity index is 0.000000480. The fourth-order valence-corrected chi connectivity index (χ4v) is 7.33. The van der Waals surface area contributed by atoms with E-state index >= 15 is 0 Å². The Morgan fingerprint density at radius 1 is 0.417 bits per heavy atom. The molecule has 0 amide bonds. The van der Waals surface area contributed by atoms with Gasteiger partial charge in [0.25, 0.3) is 0 Å². The van der Waals surface area contributed by atoms with Gasteiger partial charge in [0.05, 0.1) is 0 Å². The summed E-state index contributed by atoms with van der Waals surface area (Å²) in [5, 5.41) is 17.4. The second-order valence-electron chi connectivity index (χ2n) is 16.5. The van der Waals surface area contributed by atoms with Gasteiger partial charge in [0, 0.05) is 26.1 Å². The van der Waals surface area contributed by atoms with Crippen molar-refractivity contribution in [1.82, 2.24) is 0 Å². The summed E-state index contributed by atoms with van der Waals surface area (Å²) in [5.41, 5.74) is 3.26. The van der Waals surface area contributed by atoms with Gasteiger partial charge in [-0.1, -0.05) is 167 Å². The summed E-state index contributed by atoms with van der Waals surface area (Å²) in [6.45, 7) is 9.85. The number of hydrogen-bond donors (Lipinski definition) is 2. The van der Waals surface area contributed by atoms with E-state index in [9.17, 15) is 9.59 Å². The van der Waals surface area contributed by atoms with Crippen LogP contribution < -0.4 is 0 Å². The lowest BCUT2D eigenvalue weighted by Gasteiger charge is -2.31. The standard InChI is InChI=1S/2C22H40O2/c2*1-22(2)17-16-21(24)19-20(22)15-13-11-9-7-5-3-4-6-8-10-12-14-18-23/h2*19,23H,3-18H2,1-2H3. The lowest BCUT2D eigenvalue weighted by Crippen LogP contribution is -2.22. The molecule has 0 aromatic carbocycles. The Hall–Kier alpha value is -1.26. The quantitative estimate of drug-likeness (QED) is 0.0811. The lowest BCUT2D eigenvalue weighted by molar-refractivity contribution is -0.116. The molecule has 48 heavy (non-hydrogen) atoms. The molecule has 280 valence electrons. The van der Waals surface area contributed by atoms with Gasteiger partial charge in [-0.25, -0.2) is 0 Å². The van der Waals surface area contributed by atoms with Crippen molar-refractivity contribution in [1.29, 1.82) is 0 Å². The zero-order valence-electron chi connectivity index (χ0n) is 32.5. The molecule has 0 saturated heterocycles. The summed E-state index contributed by atoms with van der Waals surface area (Å²) in [4.78, 5) is 23.2. The third-order valence-corrected chi connectivity index (χ3v) is 11.1. The van der Waals surface area contributed by atoms with Crippen molar-refractivity contribution >= 4 is 11.6 Å². The minimum atomic E-state index is 0.241. The Bertz CT molecular complexity index is 808. The van der Waals surface area contributed by atoms with Gasteiger partial charge in [0.15, 0.2) is 11.6 Å². The first-order valence-corrected chi connectivity index (χ1v) is 20.8. The molecule has 0 aromatic heterocycles. The van der Waals surface area contributed by atoms with E-state index in [2.05, 4.69) is 27.7 Å². The number of aliphatic hydroxyl groups excluding tert-OH is 2. The molecule has 0 heterocycles. The fraction of sp³-hybridized carbons (Fsp3) is 0.864. The number of hydrogen-bond acceptors (Lipinski definition) is 4. The molecule has 0 aromatic rings. The summed E-state index contributed by atoms with van der Waals surface area (Å²) in [6.07, 6.45) is 40.7. The van der Waals surface area contributed by atoms with E-state index in [4.69, 9.17) is 10.2 Å². The van der Waals surface area contributed by atoms with Crippen LogP contribution in [-0.2, 0) is 9.59 Å². The highest BCUT2D eigenvalue weighted by atomic mass is 16.3. The van der Waals surface area contributed by atoms with Gasteiger partial charge in [-0.3, -0.25) is 9.59 Å². The van der Waals surface area contributed by atoms with Crippen LogP contribution in [0, 0.1) is 10.8 Å². The first-order chi connectivity index (χ1) is 23.1. The predicted molar refractivity (Wildman–Crippen MR) is 206 cm³/mol.